The maximum Gasteiger partial charge on any atom is 0.309 e. The smallest absolute Gasteiger partial charge is 0.309 e. The van der Waals surface area contributed by atoms with Crippen LogP contribution in [-0.4, -0.2) is 87.5 Å². The van der Waals surface area contributed by atoms with Crippen molar-refractivity contribution in [1.29, 1.82) is 0 Å². The lowest BCUT2D eigenvalue weighted by atomic mass is 9.97. The molecule has 1 aromatic carbocycles. The van der Waals surface area contributed by atoms with Gasteiger partial charge in [0, 0.05) is 58.3 Å². The van der Waals surface area contributed by atoms with Crippen molar-refractivity contribution in [3.05, 3.63) is 53.3 Å². The van der Waals surface area contributed by atoms with Gasteiger partial charge in [-0.2, -0.15) is 5.10 Å². The van der Waals surface area contributed by atoms with Gasteiger partial charge in [-0.1, -0.05) is 30.3 Å². The van der Waals surface area contributed by atoms with E-state index in [2.05, 4.69) is 5.10 Å². The van der Waals surface area contributed by atoms with Crippen LogP contribution in [0.15, 0.2) is 36.4 Å². The zero-order valence-corrected chi connectivity index (χ0v) is 22.3. The summed E-state index contributed by atoms with van der Waals surface area (Å²) in [6, 6.07) is 11.4. The number of ether oxygens (including phenoxy) is 1. The molecule has 3 heterocycles. The van der Waals surface area contributed by atoms with E-state index >= 15 is 0 Å². The first-order valence-electron chi connectivity index (χ1n) is 13.6. The molecular formula is C28H37N5O5. The molecule has 1 fully saturated rings. The summed E-state index contributed by atoms with van der Waals surface area (Å²) in [6.07, 6.45) is 2.13. The van der Waals surface area contributed by atoms with Gasteiger partial charge in [0.05, 0.1) is 12.5 Å². The molecule has 1 aromatic heterocycles. The average Bonchev–Trinajstić information content (AvgIpc) is 3.31. The van der Waals surface area contributed by atoms with Gasteiger partial charge >= 0.3 is 5.97 Å². The molecule has 3 amide bonds. The highest BCUT2D eigenvalue weighted by atomic mass is 16.5. The Labute approximate surface area is 223 Å². The van der Waals surface area contributed by atoms with Crippen LogP contribution in [0.3, 0.4) is 0 Å². The minimum Gasteiger partial charge on any atom is -0.466 e. The number of benzene rings is 1. The van der Waals surface area contributed by atoms with Gasteiger partial charge in [0.25, 0.3) is 11.8 Å². The average molecular weight is 524 g/mol. The summed E-state index contributed by atoms with van der Waals surface area (Å²) in [4.78, 5) is 56.5. The first-order chi connectivity index (χ1) is 18.4. The predicted molar refractivity (Wildman–Crippen MR) is 140 cm³/mol. The quantitative estimate of drug-likeness (QED) is 0.468. The number of fused-ring (bicyclic) bond motifs is 1. The normalized spacial score (nSPS) is 16.1. The molecule has 38 heavy (non-hydrogen) atoms. The molecule has 0 spiro atoms. The van der Waals surface area contributed by atoms with Gasteiger partial charge in [0.2, 0.25) is 5.91 Å². The molecule has 4 rings (SSSR count). The minimum atomic E-state index is -0.288. The molecule has 2 aromatic rings. The molecule has 10 heteroatoms. The summed E-state index contributed by atoms with van der Waals surface area (Å²) in [6.45, 7) is 7.42. The summed E-state index contributed by atoms with van der Waals surface area (Å²) in [5.74, 6) is -0.810. The molecule has 204 valence electrons. The predicted octanol–water partition coefficient (Wildman–Crippen LogP) is 2.58. The second-order valence-electron chi connectivity index (χ2n) is 9.75. The molecule has 0 N–H and O–H groups in total. The fourth-order valence-electron chi connectivity index (χ4n) is 5.07. The first kappa shape index (κ1) is 27.3. The highest BCUT2D eigenvalue weighted by Gasteiger charge is 2.30. The topological polar surface area (TPSA) is 105 Å². The molecule has 0 atom stereocenters. The van der Waals surface area contributed by atoms with Crippen molar-refractivity contribution < 1.29 is 23.9 Å². The monoisotopic (exact) mass is 523 g/mol. The Bertz CT molecular complexity index is 1140. The second kappa shape index (κ2) is 12.7. The molecule has 0 bridgehead atoms. The third-order valence-electron chi connectivity index (χ3n) is 7.25. The lowest BCUT2D eigenvalue weighted by Gasteiger charge is -2.31. The molecule has 0 unspecified atom stereocenters. The van der Waals surface area contributed by atoms with Crippen molar-refractivity contribution >= 4 is 23.7 Å². The summed E-state index contributed by atoms with van der Waals surface area (Å²) in [5.41, 5.74) is 1.69. The lowest BCUT2D eigenvalue weighted by molar-refractivity contribution is -0.151. The van der Waals surface area contributed by atoms with E-state index in [9.17, 15) is 19.2 Å². The van der Waals surface area contributed by atoms with Crippen LogP contribution >= 0.6 is 0 Å². The number of amides is 3. The number of nitrogens with zero attached hydrogens (tertiary/aromatic N) is 5. The largest absolute Gasteiger partial charge is 0.466 e. The number of hydrogen-bond acceptors (Lipinski definition) is 6. The number of piperidine rings is 1. The highest BCUT2D eigenvalue weighted by Crippen LogP contribution is 2.20. The van der Waals surface area contributed by atoms with E-state index in [0.717, 1.165) is 12.0 Å². The van der Waals surface area contributed by atoms with E-state index in [1.807, 2.05) is 37.3 Å². The van der Waals surface area contributed by atoms with Crippen molar-refractivity contribution in [1.82, 2.24) is 24.5 Å². The molecule has 1 saturated heterocycles. The fourth-order valence-corrected chi connectivity index (χ4v) is 5.07. The van der Waals surface area contributed by atoms with E-state index in [0.29, 0.717) is 64.4 Å². The number of esters is 1. The van der Waals surface area contributed by atoms with Crippen molar-refractivity contribution in [2.75, 3.05) is 39.3 Å². The Morgan fingerprint density at radius 3 is 2.47 bits per heavy atom. The SMILES string of the molecule is CCOC(=O)C1CCN(C(=O)CCN(CC)C(=O)c2cc3n(n2)CCCN(Cc2ccccc2)C3=O)CC1. The number of aryl methyl sites for hydroxylation is 1. The summed E-state index contributed by atoms with van der Waals surface area (Å²) in [5, 5.41) is 4.47. The van der Waals surface area contributed by atoms with Crippen LogP contribution in [0.5, 0.6) is 0 Å². The maximum atomic E-state index is 13.3. The third-order valence-corrected chi connectivity index (χ3v) is 7.25. The first-order valence-corrected chi connectivity index (χ1v) is 13.6. The fraction of sp³-hybridized carbons (Fsp3) is 0.536. The molecule has 2 aliphatic rings. The van der Waals surface area contributed by atoms with Crippen LogP contribution in [0.4, 0.5) is 0 Å². The van der Waals surface area contributed by atoms with Gasteiger partial charge in [-0.25, -0.2) is 0 Å². The van der Waals surface area contributed by atoms with Gasteiger partial charge in [-0.15, -0.1) is 0 Å². The van der Waals surface area contributed by atoms with Crippen molar-refractivity contribution in [2.24, 2.45) is 5.92 Å². The second-order valence-corrected chi connectivity index (χ2v) is 9.75. The Morgan fingerprint density at radius 2 is 1.79 bits per heavy atom. The van der Waals surface area contributed by atoms with Crippen molar-refractivity contribution in [2.45, 2.75) is 52.6 Å². The van der Waals surface area contributed by atoms with E-state index in [1.165, 1.54) is 0 Å². The summed E-state index contributed by atoms with van der Waals surface area (Å²) in [7, 11) is 0. The number of rotatable bonds is 9. The van der Waals surface area contributed by atoms with Crippen LogP contribution in [-0.2, 0) is 27.4 Å². The number of carbonyl (C=O) groups is 4. The van der Waals surface area contributed by atoms with Crippen LogP contribution < -0.4 is 0 Å². The van der Waals surface area contributed by atoms with E-state index < -0.39 is 0 Å². The van der Waals surface area contributed by atoms with E-state index in [1.54, 1.807) is 32.4 Å². The Morgan fingerprint density at radius 1 is 1.05 bits per heavy atom. The third kappa shape index (κ3) is 6.41. The standard InChI is InChI=1S/C28H37N5O5/c1-3-30(18-13-25(34)31-16-11-22(12-17-31)28(37)38-4-2)26(35)23-19-24-27(36)32(14-8-15-33(24)29-23)20-21-9-6-5-7-10-21/h5-7,9-10,19,22H,3-4,8,11-18,20H2,1-2H3. The Kier molecular flexibility index (Phi) is 9.15. The molecule has 2 aliphatic heterocycles. The molecule has 0 saturated carbocycles. The van der Waals surface area contributed by atoms with Gasteiger partial charge in [0.1, 0.15) is 5.69 Å². The molecular weight excluding hydrogens is 486 g/mol. The van der Waals surface area contributed by atoms with Crippen LogP contribution in [0, 0.1) is 5.92 Å². The molecule has 0 radical (unpaired) electrons. The van der Waals surface area contributed by atoms with Gasteiger partial charge in [0.15, 0.2) is 5.69 Å². The molecule has 0 aliphatic carbocycles. The number of aromatic nitrogens is 2. The number of hydrogen-bond donors (Lipinski definition) is 0. The maximum absolute atomic E-state index is 13.3. The number of carbonyl (C=O) groups excluding carboxylic acids is 4. The van der Waals surface area contributed by atoms with Crippen LogP contribution in [0.1, 0.15) is 66.1 Å². The Balaban J connectivity index is 1.34. The van der Waals surface area contributed by atoms with E-state index in [-0.39, 0.29) is 48.3 Å². The summed E-state index contributed by atoms with van der Waals surface area (Å²) >= 11 is 0. The lowest BCUT2D eigenvalue weighted by Crippen LogP contribution is -2.42. The zero-order valence-electron chi connectivity index (χ0n) is 22.3. The van der Waals surface area contributed by atoms with Gasteiger partial charge in [-0.05, 0) is 38.7 Å². The van der Waals surface area contributed by atoms with Gasteiger partial charge < -0.3 is 19.4 Å². The van der Waals surface area contributed by atoms with Crippen LogP contribution in [0.25, 0.3) is 0 Å². The minimum absolute atomic E-state index is 0.0362. The zero-order chi connectivity index (χ0) is 27.1. The molecule has 10 nitrogen and oxygen atoms in total. The van der Waals surface area contributed by atoms with E-state index in [4.69, 9.17) is 4.74 Å². The highest BCUT2D eigenvalue weighted by molar-refractivity contribution is 5.98. The van der Waals surface area contributed by atoms with Crippen molar-refractivity contribution in [3.8, 4) is 0 Å². The van der Waals surface area contributed by atoms with Crippen LogP contribution in [0.2, 0.25) is 0 Å². The van der Waals surface area contributed by atoms with Gasteiger partial charge in [-0.3, -0.25) is 23.9 Å². The Hall–Kier alpha value is -3.69. The summed E-state index contributed by atoms with van der Waals surface area (Å²) < 4.78 is 6.73. The van der Waals surface area contributed by atoms with Crippen molar-refractivity contribution in [3.63, 3.8) is 0 Å². The number of likely N-dealkylation sites (tertiary alicyclic amines) is 1.